The van der Waals surface area contributed by atoms with Crippen LogP contribution in [-0.4, -0.2) is 23.5 Å². The highest BCUT2D eigenvalue weighted by Gasteiger charge is 2.26. The number of para-hydroxylation sites is 5. The molecular formula is C54H31N5. The Morgan fingerprint density at radius 3 is 1.81 bits per heavy atom. The zero-order valence-corrected chi connectivity index (χ0v) is 31.6. The minimum Gasteiger partial charge on any atom is -0.309 e. The molecule has 0 unspecified atom stereocenters. The SMILES string of the molecule is c1ccc(-n2c3ccccc3c3ccc(-c4nc(-n5c6ccc7ccccc7c6c6cc7c8ccccc8n8c9ccccc9c(c65)c78)nc5ccccc45)cc32)cc1. The van der Waals surface area contributed by atoms with Crippen molar-refractivity contribution in [2.75, 3.05) is 0 Å². The van der Waals surface area contributed by atoms with Gasteiger partial charge >= 0.3 is 0 Å². The van der Waals surface area contributed by atoms with Gasteiger partial charge in [-0.25, -0.2) is 9.97 Å². The maximum Gasteiger partial charge on any atom is 0.235 e. The van der Waals surface area contributed by atoms with Gasteiger partial charge in [0.05, 0.1) is 49.8 Å². The molecule has 0 saturated heterocycles. The Morgan fingerprint density at radius 1 is 0.339 bits per heavy atom. The van der Waals surface area contributed by atoms with Crippen LogP contribution in [0, 0.1) is 0 Å². The average Bonchev–Trinajstić information content (AvgIpc) is 4.03. The summed E-state index contributed by atoms with van der Waals surface area (Å²) in [5.41, 5.74) is 12.2. The van der Waals surface area contributed by atoms with E-state index in [0.29, 0.717) is 5.95 Å². The normalized spacial score (nSPS) is 12.4. The summed E-state index contributed by atoms with van der Waals surface area (Å²) in [4.78, 5) is 11.1. The molecular weight excluding hydrogens is 719 g/mol. The van der Waals surface area contributed by atoms with Crippen molar-refractivity contribution >= 4 is 103 Å². The molecule has 0 radical (unpaired) electrons. The Morgan fingerprint density at radius 2 is 0.983 bits per heavy atom. The van der Waals surface area contributed by atoms with Crippen molar-refractivity contribution in [2.45, 2.75) is 0 Å². The van der Waals surface area contributed by atoms with E-state index in [9.17, 15) is 0 Å². The highest BCUT2D eigenvalue weighted by molar-refractivity contribution is 6.36. The van der Waals surface area contributed by atoms with Crippen LogP contribution in [0.1, 0.15) is 0 Å². The summed E-state index contributed by atoms with van der Waals surface area (Å²) in [5.74, 6) is 0.653. The number of aromatic nitrogens is 5. The van der Waals surface area contributed by atoms with Gasteiger partial charge in [-0.05, 0) is 65.4 Å². The molecule has 272 valence electrons. The standard InChI is InChI=1S/C54H31N5/c1-2-15-34(16-3-1)57-44-23-11-7-18-36(44)38-28-26-33(30-48(38)57)51-39-20-6-10-22-43(39)55-54(56-51)59-47-29-27-32-14-4-5-17-35(32)49(47)42-31-41-37-19-8-12-24-45(37)58-46-25-13-9-21-40(46)50(52(41)58)53(42)59/h1-31H. The third kappa shape index (κ3) is 4.03. The van der Waals surface area contributed by atoms with Crippen LogP contribution >= 0.6 is 0 Å². The Hall–Kier alpha value is -8.02. The van der Waals surface area contributed by atoms with Crippen molar-refractivity contribution in [3.05, 3.63) is 188 Å². The molecule has 0 atom stereocenters. The van der Waals surface area contributed by atoms with Crippen molar-refractivity contribution < 1.29 is 0 Å². The molecule has 5 heteroatoms. The van der Waals surface area contributed by atoms with Crippen molar-refractivity contribution in [1.29, 1.82) is 0 Å². The van der Waals surface area contributed by atoms with Crippen molar-refractivity contribution in [2.24, 2.45) is 0 Å². The minimum atomic E-state index is 0.653. The molecule has 14 rings (SSSR count). The molecule has 14 aromatic rings. The van der Waals surface area contributed by atoms with E-state index >= 15 is 0 Å². The van der Waals surface area contributed by atoms with Crippen LogP contribution in [0.3, 0.4) is 0 Å². The molecule has 0 amide bonds. The third-order valence-corrected chi connectivity index (χ3v) is 12.7. The highest BCUT2D eigenvalue weighted by atomic mass is 15.2. The van der Waals surface area contributed by atoms with Gasteiger partial charge in [0.1, 0.15) is 0 Å². The van der Waals surface area contributed by atoms with E-state index in [4.69, 9.17) is 9.97 Å². The monoisotopic (exact) mass is 749 g/mol. The molecule has 0 saturated carbocycles. The zero-order chi connectivity index (χ0) is 38.3. The van der Waals surface area contributed by atoms with E-state index < -0.39 is 0 Å². The number of hydrogen-bond donors (Lipinski definition) is 0. The predicted molar refractivity (Wildman–Crippen MR) is 246 cm³/mol. The number of fused-ring (bicyclic) bond motifs is 16. The van der Waals surface area contributed by atoms with Crippen molar-refractivity contribution in [3.63, 3.8) is 0 Å². The Kier molecular flexibility index (Phi) is 5.96. The minimum absolute atomic E-state index is 0.653. The van der Waals surface area contributed by atoms with Crippen molar-refractivity contribution in [1.82, 2.24) is 23.5 Å². The van der Waals surface area contributed by atoms with E-state index in [1.54, 1.807) is 0 Å². The van der Waals surface area contributed by atoms with Gasteiger partial charge in [-0.1, -0.05) is 133 Å². The Labute approximate surface area is 336 Å². The molecule has 0 N–H and O–H groups in total. The van der Waals surface area contributed by atoms with Gasteiger partial charge in [-0.3, -0.25) is 4.57 Å². The predicted octanol–water partition coefficient (Wildman–Crippen LogP) is 13.8. The van der Waals surface area contributed by atoms with Crippen LogP contribution in [0.5, 0.6) is 0 Å². The number of nitrogens with zero attached hydrogens (tertiary/aromatic N) is 5. The fraction of sp³-hybridized carbons (Fsp3) is 0. The van der Waals surface area contributed by atoms with E-state index in [-0.39, 0.29) is 0 Å². The molecule has 0 aliphatic rings. The lowest BCUT2D eigenvalue weighted by Crippen LogP contribution is -2.04. The molecule has 5 heterocycles. The van der Waals surface area contributed by atoms with Crippen LogP contribution in [0.25, 0.3) is 126 Å². The molecule has 9 aromatic carbocycles. The smallest absolute Gasteiger partial charge is 0.235 e. The van der Waals surface area contributed by atoms with Crippen molar-refractivity contribution in [3.8, 4) is 22.9 Å². The van der Waals surface area contributed by atoms with E-state index in [0.717, 1.165) is 44.4 Å². The third-order valence-electron chi connectivity index (χ3n) is 12.7. The lowest BCUT2D eigenvalue weighted by atomic mass is 10.0. The van der Waals surface area contributed by atoms with E-state index in [1.165, 1.54) is 75.9 Å². The topological polar surface area (TPSA) is 40.0 Å². The maximum absolute atomic E-state index is 5.66. The summed E-state index contributed by atoms with van der Waals surface area (Å²) in [6.45, 7) is 0. The lowest BCUT2D eigenvalue weighted by Gasteiger charge is -2.13. The van der Waals surface area contributed by atoms with Gasteiger partial charge in [0.2, 0.25) is 5.95 Å². The second kappa shape index (κ2) is 11.3. The van der Waals surface area contributed by atoms with Gasteiger partial charge in [0.15, 0.2) is 0 Å². The summed E-state index contributed by atoms with van der Waals surface area (Å²) in [6.07, 6.45) is 0. The quantitative estimate of drug-likeness (QED) is 0.180. The second-order valence-electron chi connectivity index (χ2n) is 15.7. The Bertz CT molecular complexity index is 4070. The molecule has 59 heavy (non-hydrogen) atoms. The zero-order valence-electron chi connectivity index (χ0n) is 31.6. The molecule has 0 aliphatic carbocycles. The fourth-order valence-corrected chi connectivity index (χ4v) is 10.3. The molecule has 0 aliphatic heterocycles. The fourth-order valence-electron chi connectivity index (χ4n) is 10.3. The first-order chi connectivity index (χ1) is 29.3. The van der Waals surface area contributed by atoms with Crippen LogP contribution in [-0.2, 0) is 0 Å². The molecule has 0 fully saturated rings. The number of hydrogen-bond acceptors (Lipinski definition) is 2. The average molecular weight is 750 g/mol. The lowest BCUT2D eigenvalue weighted by molar-refractivity contribution is 1.02. The first-order valence-electron chi connectivity index (χ1n) is 20.2. The summed E-state index contributed by atoms with van der Waals surface area (Å²) in [6, 6.07) is 68.0. The molecule has 0 spiro atoms. The molecule has 5 nitrogen and oxygen atoms in total. The second-order valence-corrected chi connectivity index (χ2v) is 15.7. The summed E-state index contributed by atoms with van der Waals surface area (Å²) in [7, 11) is 0. The first kappa shape index (κ1) is 31.1. The van der Waals surface area contributed by atoms with Gasteiger partial charge in [-0.15, -0.1) is 0 Å². The van der Waals surface area contributed by atoms with Crippen LogP contribution in [0.4, 0.5) is 0 Å². The molecule has 5 aromatic heterocycles. The number of benzene rings is 9. The summed E-state index contributed by atoms with van der Waals surface area (Å²) in [5, 5.41) is 13.2. The van der Waals surface area contributed by atoms with Gasteiger partial charge in [-0.2, -0.15) is 0 Å². The van der Waals surface area contributed by atoms with Gasteiger partial charge in [0.25, 0.3) is 0 Å². The van der Waals surface area contributed by atoms with Gasteiger partial charge < -0.3 is 8.97 Å². The summed E-state index contributed by atoms with van der Waals surface area (Å²) >= 11 is 0. The first-order valence-corrected chi connectivity index (χ1v) is 20.2. The Balaban J connectivity index is 1.15. The molecule has 0 bridgehead atoms. The number of rotatable bonds is 3. The van der Waals surface area contributed by atoms with E-state index in [1.807, 2.05) is 0 Å². The van der Waals surface area contributed by atoms with Crippen LogP contribution < -0.4 is 0 Å². The largest absolute Gasteiger partial charge is 0.309 e. The van der Waals surface area contributed by atoms with Gasteiger partial charge in [0, 0.05) is 59.7 Å². The highest BCUT2D eigenvalue weighted by Crippen LogP contribution is 2.48. The van der Waals surface area contributed by atoms with Crippen LogP contribution in [0.2, 0.25) is 0 Å². The van der Waals surface area contributed by atoms with Crippen LogP contribution in [0.15, 0.2) is 188 Å². The maximum atomic E-state index is 5.66. The summed E-state index contributed by atoms with van der Waals surface area (Å²) < 4.78 is 7.19. The van der Waals surface area contributed by atoms with E-state index in [2.05, 4.69) is 202 Å².